The van der Waals surface area contributed by atoms with Crippen LogP contribution in [0, 0.1) is 0 Å². The molecule has 5 heteroatoms. The Balaban J connectivity index is 1.66. The molecule has 1 aromatic carbocycles. The molecule has 2 amide bonds. The van der Waals surface area contributed by atoms with Crippen LogP contribution in [-0.2, 0) is 16.1 Å². The molecule has 0 aromatic heterocycles. The number of nitrogens with zero attached hydrogens (tertiary/aromatic N) is 1. The molecule has 3 aliphatic rings. The molecule has 3 fully saturated rings. The van der Waals surface area contributed by atoms with Gasteiger partial charge in [0, 0.05) is 30.0 Å². The molecule has 0 unspecified atom stereocenters. The lowest BCUT2D eigenvalue weighted by Gasteiger charge is -2.49. The van der Waals surface area contributed by atoms with Crippen LogP contribution >= 0.6 is 11.8 Å². The van der Waals surface area contributed by atoms with Crippen molar-refractivity contribution >= 4 is 23.6 Å². The molecule has 1 heterocycles. The number of nitrogens with one attached hydrogen (secondary N) is 1. The number of carbonyl (C=O) groups excluding carboxylic acids is 2. The van der Waals surface area contributed by atoms with Gasteiger partial charge in [0.05, 0.1) is 0 Å². The van der Waals surface area contributed by atoms with E-state index in [0.717, 1.165) is 49.8 Å². The fourth-order valence-corrected chi connectivity index (χ4v) is 6.77. The lowest BCUT2D eigenvalue weighted by Crippen LogP contribution is -2.66. The van der Waals surface area contributed by atoms with Crippen molar-refractivity contribution in [2.45, 2.75) is 87.6 Å². The molecule has 4 rings (SSSR count). The zero-order valence-corrected chi connectivity index (χ0v) is 17.5. The van der Waals surface area contributed by atoms with Crippen molar-refractivity contribution in [3.63, 3.8) is 0 Å². The van der Waals surface area contributed by atoms with Crippen LogP contribution in [-0.4, -0.2) is 39.3 Å². The molecule has 2 saturated carbocycles. The van der Waals surface area contributed by atoms with Crippen LogP contribution in [0.1, 0.15) is 69.8 Å². The maximum Gasteiger partial charge on any atom is 0.247 e. The number of amides is 2. The number of hydrogen-bond donors (Lipinski definition) is 1. The van der Waals surface area contributed by atoms with E-state index in [2.05, 4.69) is 17.4 Å². The van der Waals surface area contributed by atoms with Crippen LogP contribution in [0.3, 0.4) is 0 Å². The first-order chi connectivity index (χ1) is 13.7. The summed E-state index contributed by atoms with van der Waals surface area (Å²) < 4.78 is 0. The molecule has 0 bridgehead atoms. The van der Waals surface area contributed by atoms with Crippen molar-refractivity contribution in [1.82, 2.24) is 10.2 Å². The third kappa shape index (κ3) is 3.96. The zero-order valence-electron chi connectivity index (χ0n) is 16.7. The standard InChI is InChI=1S/C23H32N2O2S/c26-21-14-16-28-20-13-7-8-15-23(20,22(27)24-19-11-5-2-6-12-19)25(21)17-18-9-3-1-4-10-18/h1,3-4,9-10,19-20H,2,5-8,11-17H2,(H,24,27)/t20-,23-/m1/s1. The van der Waals surface area contributed by atoms with E-state index in [-0.39, 0.29) is 23.1 Å². The summed E-state index contributed by atoms with van der Waals surface area (Å²) in [6.07, 6.45) is 10.4. The highest BCUT2D eigenvalue weighted by molar-refractivity contribution is 8.00. The van der Waals surface area contributed by atoms with Gasteiger partial charge in [-0.05, 0) is 31.2 Å². The molecule has 2 aliphatic carbocycles. The fraction of sp³-hybridized carbons (Fsp3) is 0.652. The summed E-state index contributed by atoms with van der Waals surface area (Å²) in [5, 5.41) is 3.60. The predicted molar refractivity (Wildman–Crippen MR) is 114 cm³/mol. The Hall–Kier alpha value is -1.49. The smallest absolute Gasteiger partial charge is 0.247 e. The number of thioether (sulfide) groups is 1. The largest absolute Gasteiger partial charge is 0.351 e. The quantitative estimate of drug-likeness (QED) is 0.821. The van der Waals surface area contributed by atoms with Gasteiger partial charge in [-0.3, -0.25) is 9.59 Å². The Morgan fingerprint density at radius 1 is 1.07 bits per heavy atom. The summed E-state index contributed by atoms with van der Waals surface area (Å²) in [7, 11) is 0. The summed E-state index contributed by atoms with van der Waals surface area (Å²) in [6, 6.07) is 10.4. The Kier molecular flexibility index (Phi) is 6.29. The van der Waals surface area contributed by atoms with E-state index in [1.165, 1.54) is 19.3 Å². The van der Waals surface area contributed by atoms with Gasteiger partial charge in [-0.15, -0.1) is 0 Å². The first-order valence-electron chi connectivity index (χ1n) is 11.0. The monoisotopic (exact) mass is 400 g/mol. The van der Waals surface area contributed by atoms with Crippen molar-refractivity contribution in [3.05, 3.63) is 35.9 Å². The van der Waals surface area contributed by atoms with Gasteiger partial charge in [0.1, 0.15) is 5.54 Å². The van der Waals surface area contributed by atoms with Gasteiger partial charge in [-0.25, -0.2) is 0 Å². The molecule has 4 nitrogen and oxygen atoms in total. The van der Waals surface area contributed by atoms with E-state index < -0.39 is 5.54 Å². The minimum Gasteiger partial charge on any atom is -0.351 e. The maximum atomic E-state index is 13.8. The molecule has 152 valence electrons. The molecule has 0 spiro atoms. The average Bonchev–Trinajstić information content (AvgIpc) is 2.87. The van der Waals surface area contributed by atoms with Crippen molar-refractivity contribution in [3.8, 4) is 0 Å². The molecule has 2 atom stereocenters. The van der Waals surface area contributed by atoms with E-state index in [4.69, 9.17) is 0 Å². The van der Waals surface area contributed by atoms with Crippen molar-refractivity contribution in [2.75, 3.05) is 5.75 Å². The third-order valence-corrected chi connectivity index (χ3v) is 8.21. The van der Waals surface area contributed by atoms with Crippen molar-refractivity contribution in [1.29, 1.82) is 0 Å². The second kappa shape index (κ2) is 8.89. The first kappa shape index (κ1) is 19.8. The van der Waals surface area contributed by atoms with E-state index in [9.17, 15) is 9.59 Å². The van der Waals surface area contributed by atoms with E-state index in [1.807, 2.05) is 34.9 Å². The molecule has 28 heavy (non-hydrogen) atoms. The zero-order chi connectivity index (χ0) is 19.4. The van der Waals surface area contributed by atoms with E-state index in [0.29, 0.717) is 13.0 Å². The predicted octanol–water partition coefficient (Wildman–Crippen LogP) is 4.28. The van der Waals surface area contributed by atoms with Gasteiger partial charge in [0.2, 0.25) is 11.8 Å². The number of rotatable bonds is 4. The van der Waals surface area contributed by atoms with Crippen LogP contribution in [0.15, 0.2) is 30.3 Å². The van der Waals surface area contributed by atoms with Gasteiger partial charge >= 0.3 is 0 Å². The number of carbonyl (C=O) groups is 2. The third-order valence-electron chi connectivity index (χ3n) is 6.74. The summed E-state index contributed by atoms with van der Waals surface area (Å²) in [5.74, 6) is 1.08. The highest BCUT2D eigenvalue weighted by Crippen LogP contribution is 2.44. The molecule has 1 aliphatic heterocycles. The van der Waals surface area contributed by atoms with Gasteiger partial charge in [-0.2, -0.15) is 11.8 Å². The Morgan fingerprint density at radius 3 is 2.61 bits per heavy atom. The second-order valence-corrected chi connectivity index (χ2v) is 9.86. The summed E-state index contributed by atoms with van der Waals surface area (Å²) in [5.41, 5.74) is 0.418. The summed E-state index contributed by atoms with van der Waals surface area (Å²) in [6.45, 7) is 0.537. The number of benzene rings is 1. The van der Waals surface area contributed by atoms with Crippen LogP contribution in [0.25, 0.3) is 0 Å². The minimum atomic E-state index is -0.691. The number of hydrogen-bond acceptors (Lipinski definition) is 3. The normalized spacial score (nSPS) is 29.1. The van der Waals surface area contributed by atoms with Gasteiger partial charge < -0.3 is 10.2 Å². The SMILES string of the molecule is O=C1CCS[C@@H]2CCCC[C@@]2(C(=O)NC2CCCCC2)N1Cc1ccccc1. The first-order valence-corrected chi connectivity index (χ1v) is 12.0. The van der Waals surface area contributed by atoms with Crippen molar-refractivity contribution in [2.24, 2.45) is 0 Å². The Morgan fingerprint density at radius 2 is 1.82 bits per heavy atom. The average molecular weight is 401 g/mol. The maximum absolute atomic E-state index is 13.8. The molecular weight excluding hydrogens is 368 g/mol. The lowest BCUT2D eigenvalue weighted by molar-refractivity contribution is -0.150. The Labute approximate surface area is 172 Å². The Bertz CT molecular complexity index is 689. The lowest BCUT2D eigenvalue weighted by atomic mass is 9.77. The summed E-state index contributed by atoms with van der Waals surface area (Å²) >= 11 is 1.85. The van der Waals surface area contributed by atoms with Crippen LogP contribution in [0.2, 0.25) is 0 Å². The second-order valence-electron chi connectivity index (χ2n) is 8.55. The van der Waals surface area contributed by atoms with Gasteiger partial charge in [0.25, 0.3) is 0 Å². The van der Waals surface area contributed by atoms with E-state index >= 15 is 0 Å². The minimum absolute atomic E-state index is 0.114. The van der Waals surface area contributed by atoms with Gasteiger partial charge in [-0.1, -0.05) is 62.4 Å². The molecule has 1 aromatic rings. The highest BCUT2D eigenvalue weighted by atomic mass is 32.2. The van der Waals surface area contributed by atoms with Crippen LogP contribution in [0.4, 0.5) is 0 Å². The number of fused-ring (bicyclic) bond motifs is 1. The van der Waals surface area contributed by atoms with Crippen LogP contribution < -0.4 is 5.32 Å². The van der Waals surface area contributed by atoms with Gasteiger partial charge in [0.15, 0.2) is 0 Å². The van der Waals surface area contributed by atoms with Crippen molar-refractivity contribution < 1.29 is 9.59 Å². The van der Waals surface area contributed by atoms with Crippen LogP contribution in [0.5, 0.6) is 0 Å². The molecule has 1 saturated heterocycles. The molecular formula is C23H32N2O2S. The molecule has 0 radical (unpaired) electrons. The topological polar surface area (TPSA) is 49.4 Å². The summed E-state index contributed by atoms with van der Waals surface area (Å²) in [4.78, 5) is 29.0. The molecule has 1 N–H and O–H groups in total. The highest BCUT2D eigenvalue weighted by Gasteiger charge is 2.54. The fourth-order valence-electron chi connectivity index (χ4n) is 5.23. The van der Waals surface area contributed by atoms with E-state index in [1.54, 1.807) is 0 Å².